The maximum atomic E-state index is 9.96. The third kappa shape index (κ3) is 3.83. The summed E-state index contributed by atoms with van der Waals surface area (Å²) in [5, 5.41) is 16.8. The number of nitrogens with zero attached hydrogens (tertiary/aromatic N) is 1. The second kappa shape index (κ2) is 6.75. The fourth-order valence-corrected chi connectivity index (χ4v) is 2.56. The molecule has 0 atom stereocenters. The molecule has 0 saturated carbocycles. The summed E-state index contributed by atoms with van der Waals surface area (Å²) in [5.74, 6) is 0.526. The zero-order valence-corrected chi connectivity index (χ0v) is 12.1. The number of aromatic hydroxyl groups is 1. The number of rotatable bonds is 6. The van der Waals surface area contributed by atoms with Crippen LogP contribution in [-0.4, -0.2) is 23.7 Å². The van der Waals surface area contributed by atoms with Crippen molar-refractivity contribution in [1.29, 1.82) is 0 Å². The van der Waals surface area contributed by atoms with E-state index in [1.165, 1.54) is 7.11 Å². The third-order valence-electron chi connectivity index (χ3n) is 2.65. The molecule has 0 unspecified atom stereocenters. The summed E-state index contributed by atoms with van der Waals surface area (Å²) in [6.07, 6.45) is 2.67. The van der Waals surface area contributed by atoms with Gasteiger partial charge < -0.3 is 15.2 Å². The van der Waals surface area contributed by atoms with Crippen LogP contribution in [0, 0.1) is 0 Å². The van der Waals surface area contributed by atoms with E-state index in [2.05, 4.69) is 10.3 Å². The predicted molar refractivity (Wildman–Crippen MR) is 77.2 cm³/mol. The van der Waals surface area contributed by atoms with E-state index in [9.17, 15) is 5.11 Å². The molecular weight excluding hydrogens is 284 g/mol. The summed E-state index contributed by atoms with van der Waals surface area (Å²) in [4.78, 5) is 4.21. The smallest absolute Gasteiger partial charge is 0.162 e. The Morgan fingerprint density at radius 3 is 3.00 bits per heavy atom. The lowest BCUT2D eigenvalue weighted by atomic mass is 10.2. The Morgan fingerprint density at radius 1 is 1.47 bits per heavy atom. The minimum absolute atomic E-state index is 0.133. The normalized spacial score (nSPS) is 10.6. The van der Waals surface area contributed by atoms with Crippen molar-refractivity contribution in [2.24, 2.45) is 0 Å². The lowest BCUT2D eigenvalue weighted by molar-refractivity contribution is 0.369. The number of aromatic nitrogens is 1. The molecule has 0 aliphatic rings. The maximum absolute atomic E-state index is 9.96. The molecule has 1 aromatic heterocycles. The molecular formula is C13H15ClN2O2S. The van der Waals surface area contributed by atoms with Gasteiger partial charge in [0.05, 0.1) is 12.1 Å². The van der Waals surface area contributed by atoms with Crippen molar-refractivity contribution < 1.29 is 9.84 Å². The Balaban J connectivity index is 1.90. The Bertz CT molecular complexity index is 532. The second-order valence-corrected chi connectivity index (χ2v) is 5.38. The Hall–Kier alpha value is -1.30. The molecule has 6 heteroatoms. The molecule has 0 amide bonds. The minimum atomic E-state index is 0.133. The zero-order chi connectivity index (χ0) is 13.7. The molecule has 2 N–H and O–H groups in total. The van der Waals surface area contributed by atoms with Crippen LogP contribution in [0.2, 0.25) is 5.02 Å². The van der Waals surface area contributed by atoms with Crippen LogP contribution >= 0.6 is 22.9 Å². The van der Waals surface area contributed by atoms with Gasteiger partial charge in [-0.2, -0.15) is 0 Å². The first-order valence-corrected chi connectivity index (χ1v) is 7.11. The van der Waals surface area contributed by atoms with Gasteiger partial charge in [0.1, 0.15) is 0 Å². The number of phenolic OH excluding ortho intramolecular Hbond substituents is 1. The number of benzene rings is 1. The fraction of sp³-hybridized carbons (Fsp3) is 0.308. The van der Waals surface area contributed by atoms with Crippen molar-refractivity contribution in [1.82, 2.24) is 10.3 Å². The monoisotopic (exact) mass is 298 g/mol. The number of methoxy groups -OCH3 is 1. The van der Waals surface area contributed by atoms with Gasteiger partial charge in [0.15, 0.2) is 11.5 Å². The molecule has 0 bridgehead atoms. The van der Waals surface area contributed by atoms with E-state index >= 15 is 0 Å². The Morgan fingerprint density at radius 2 is 2.32 bits per heavy atom. The van der Waals surface area contributed by atoms with Crippen LogP contribution < -0.4 is 10.1 Å². The van der Waals surface area contributed by atoms with Gasteiger partial charge >= 0.3 is 0 Å². The van der Waals surface area contributed by atoms with Gasteiger partial charge in [-0.25, -0.2) is 4.98 Å². The molecule has 4 nitrogen and oxygen atoms in total. The van der Waals surface area contributed by atoms with Crippen molar-refractivity contribution in [2.45, 2.75) is 13.0 Å². The third-order valence-corrected chi connectivity index (χ3v) is 3.71. The van der Waals surface area contributed by atoms with Gasteiger partial charge in [0, 0.05) is 47.7 Å². The molecule has 0 aliphatic carbocycles. The van der Waals surface area contributed by atoms with Crippen LogP contribution in [0.5, 0.6) is 11.5 Å². The summed E-state index contributed by atoms with van der Waals surface area (Å²) in [5.41, 5.74) is 0.725. The molecule has 102 valence electrons. The van der Waals surface area contributed by atoms with Crippen molar-refractivity contribution in [2.75, 3.05) is 13.7 Å². The summed E-state index contributed by atoms with van der Waals surface area (Å²) < 4.78 is 5.06. The van der Waals surface area contributed by atoms with Gasteiger partial charge in [-0.15, -0.1) is 11.3 Å². The van der Waals surface area contributed by atoms with Crippen molar-refractivity contribution >= 4 is 22.9 Å². The SMILES string of the molecule is COc1cc(Cl)cc(CNCCc2nccs2)c1O. The van der Waals surface area contributed by atoms with Crippen LogP contribution in [0.3, 0.4) is 0 Å². The highest BCUT2D eigenvalue weighted by atomic mass is 35.5. The van der Waals surface area contributed by atoms with Crippen LogP contribution in [-0.2, 0) is 13.0 Å². The minimum Gasteiger partial charge on any atom is -0.504 e. The molecule has 0 fully saturated rings. The van der Waals surface area contributed by atoms with E-state index in [-0.39, 0.29) is 5.75 Å². The number of nitrogens with one attached hydrogen (secondary N) is 1. The maximum Gasteiger partial charge on any atom is 0.162 e. The van der Waals surface area contributed by atoms with E-state index in [1.54, 1.807) is 29.7 Å². The van der Waals surface area contributed by atoms with Crippen LogP contribution in [0.1, 0.15) is 10.6 Å². The van der Waals surface area contributed by atoms with Crippen LogP contribution in [0.4, 0.5) is 0 Å². The molecule has 0 saturated heterocycles. The van der Waals surface area contributed by atoms with Crippen LogP contribution in [0.25, 0.3) is 0 Å². The van der Waals surface area contributed by atoms with E-state index in [0.29, 0.717) is 17.3 Å². The van der Waals surface area contributed by atoms with Gasteiger partial charge in [0.25, 0.3) is 0 Å². The number of hydrogen-bond donors (Lipinski definition) is 2. The molecule has 2 rings (SSSR count). The zero-order valence-electron chi connectivity index (χ0n) is 10.5. The quantitative estimate of drug-likeness (QED) is 0.805. The summed E-state index contributed by atoms with van der Waals surface area (Å²) in [6.45, 7) is 1.33. The largest absolute Gasteiger partial charge is 0.504 e. The van der Waals surface area contributed by atoms with Gasteiger partial charge in [-0.3, -0.25) is 0 Å². The molecule has 2 aromatic rings. The fourth-order valence-electron chi connectivity index (χ4n) is 1.71. The van der Waals surface area contributed by atoms with E-state index in [1.807, 2.05) is 5.38 Å². The molecule has 0 spiro atoms. The van der Waals surface area contributed by atoms with Crippen LogP contribution in [0.15, 0.2) is 23.7 Å². The first-order chi connectivity index (χ1) is 9.20. The lowest BCUT2D eigenvalue weighted by Gasteiger charge is -2.10. The van der Waals surface area contributed by atoms with E-state index in [4.69, 9.17) is 16.3 Å². The standard InChI is InChI=1S/C13H15ClN2O2S/c1-18-11-7-10(14)6-9(13(11)17)8-15-3-2-12-16-4-5-19-12/h4-7,15,17H,2-3,8H2,1H3. The first-order valence-electron chi connectivity index (χ1n) is 5.85. The van der Waals surface area contributed by atoms with Gasteiger partial charge in [0.2, 0.25) is 0 Å². The number of phenols is 1. The topological polar surface area (TPSA) is 54.4 Å². The average Bonchev–Trinajstić information content (AvgIpc) is 2.91. The molecule has 19 heavy (non-hydrogen) atoms. The highest BCUT2D eigenvalue weighted by Gasteiger charge is 2.09. The second-order valence-electron chi connectivity index (χ2n) is 3.97. The van der Waals surface area contributed by atoms with Crippen molar-refractivity contribution in [3.63, 3.8) is 0 Å². The lowest BCUT2D eigenvalue weighted by Crippen LogP contribution is -2.16. The highest BCUT2D eigenvalue weighted by Crippen LogP contribution is 2.33. The van der Waals surface area contributed by atoms with Crippen molar-refractivity contribution in [3.05, 3.63) is 39.3 Å². The number of halogens is 1. The van der Waals surface area contributed by atoms with E-state index in [0.717, 1.165) is 23.5 Å². The summed E-state index contributed by atoms with van der Waals surface area (Å²) >= 11 is 7.61. The Labute approximate surface area is 121 Å². The average molecular weight is 299 g/mol. The number of ether oxygens (including phenoxy) is 1. The van der Waals surface area contributed by atoms with E-state index < -0.39 is 0 Å². The molecule has 1 aromatic carbocycles. The Kier molecular flexibility index (Phi) is 5.01. The number of hydrogen-bond acceptors (Lipinski definition) is 5. The van der Waals surface area contributed by atoms with Gasteiger partial charge in [-0.1, -0.05) is 11.6 Å². The summed E-state index contributed by atoms with van der Waals surface area (Å²) in [6, 6.07) is 3.33. The number of thiazole rings is 1. The summed E-state index contributed by atoms with van der Waals surface area (Å²) in [7, 11) is 1.51. The highest BCUT2D eigenvalue weighted by molar-refractivity contribution is 7.09. The molecule has 1 heterocycles. The first kappa shape index (κ1) is 14.1. The predicted octanol–water partition coefficient (Wildman–Crippen LogP) is 2.84. The molecule has 0 radical (unpaired) electrons. The van der Waals surface area contributed by atoms with Crippen molar-refractivity contribution in [3.8, 4) is 11.5 Å². The molecule has 0 aliphatic heterocycles. The van der Waals surface area contributed by atoms with Gasteiger partial charge in [-0.05, 0) is 6.07 Å².